The second-order valence-electron chi connectivity index (χ2n) is 4.22. The highest BCUT2D eigenvalue weighted by Crippen LogP contribution is 2.25. The highest BCUT2D eigenvalue weighted by molar-refractivity contribution is 5.30. The van der Waals surface area contributed by atoms with Crippen molar-refractivity contribution in [2.45, 2.75) is 19.1 Å². The Labute approximate surface area is 112 Å². The maximum Gasteiger partial charge on any atom is 0.132 e. The Morgan fingerprint density at radius 1 is 1.16 bits per heavy atom. The summed E-state index contributed by atoms with van der Waals surface area (Å²) in [6, 6.07) is 14.2. The molecule has 0 saturated heterocycles. The minimum absolute atomic E-state index is 0.208. The third-order valence-electron chi connectivity index (χ3n) is 2.91. The van der Waals surface area contributed by atoms with Gasteiger partial charge in [0.15, 0.2) is 0 Å². The first-order valence-corrected chi connectivity index (χ1v) is 6.14. The molecule has 2 rings (SSSR count). The highest BCUT2D eigenvalue weighted by Gasteiger charge is 2.12. The third kappa shape index (κ3) is 3.32. The Kier molecular flexibility index (Phi) is 4.53. The lowest BCUT2D eigenvalue weighted by molar-refractivity contribution is 0.207. The summed E-state index contributed by atoms with van der Waals surface area (Å²) in [6.07, 6.45) is 0.341. The number of hydrogen-bond acceptors (Lipinski definition) is 2. The van der Waals surface area contributed by atoms with Gasteiger partial charge in [0.05, 0.1) is 6.61 Å². The highest BCUT2D eigenvalue weighted by atomic mass is 19.1. The molecule has 2 nitrogen and oxygen atoms in total. The molecular weight excluding hydrogens is 243 g/mol. The van der Waals surface area contributed by atoms with Crippen LogP contribution < -0.4 is 4.74 Å². The van der Waals surface area contributed by atoms with Crippen LogP contribution in [0.4, 0.5) is 4.39 Å². The molecule has 0 bridgehead atoms. The van der Waals surface area contributed by atoms with E-state index in [2.05, 4.69) is 6.92 Å². The molecule has 1 atom stereocenters. The van der Waals surface area contributed by atoms with Crippen LogP contribution in [0.25, 0.3) is 0 Å². The van der Waals surface area contributed by atoms with Gasteiger partial charge in [-0.05, 0) is 25.0 Å². The van der Waals surface area contributed by atoms with E-state index < -0.39 is 5.82 Å². The Bertz CT molecular complexity index is 526. The minimum atomic E-state index is -0.462. The molecule has 0 spiro atoms. The van der Waals surface area contributed by atoms with Crippen LogP contribution in [0.15, 0.2) is 48.5 Å². The molecule has 0 aliphatic heterocycles. The van der Waals surface area contributed by atoms with Crippen LogP contribution in [0.2, 0.25) is 0 Å². The molecule has 0 amide bonds. The smallest absolute Gasteiger partial charge is 0.132 e. The minimum Gasteiger partial charge on any atom is -0.486 e. The summed E-state index contributed by atoms with van der Waals surface area (Å²) in [7, 11) is 0. The summed E-state index contributed by atoms with van der Waals surface area (Å²) in [4.78, 5) is 0. The monoisotopic (exact) mass is 259 g/mol. The number of rotatable bonds is 5. The molecule has 19 heavy (non-hydrogen) atoms. The topological polar surface area (TPSA) is 29.5 Å². The molecule has 0 heterocycles. The summed E-state index contributed by atoms with van der Waals surface area (Å²) >= 11 is 0. The van der Waals surface area contributed by atoms with Crippen LogP contribution >= 0.6 is 0 Å². The van der Waals surface area contributed by atoms with Gasteiger partial charge in [-0.25, -0.2) is 4.39 Å². The summed E-state index contributed by atoms with van der Waals surface area (Å²) in [5.74, 6) is -0.0249. The lowest BCUT2D eigenvalue weighted by atomic mass is 10.1. The average Bonchev–Trinajstić information content (AvgIpc) is 2.46. The normalized spacial score (nSPS) is 12.2. The molecule has 3 heteroatoms. The lowest BCUT2D eigenvalue weighted by Gasteiger charge is -2.18. The predicted molar refractivity (Wildman–Crippen MR) is 72.1 cm³/mol. The summed E-state index contributed by atoms with van der Waals surface area (Å²) in [5.41, 5.74) is 1.27. The van der Waals surface area contributed by atoms with Crippen LogP contribution in [-0.4, -0.2) is 5.11 Å². The van der Waals surface area contributed by atoms with E-state index >= 15 is 0 Å². The van der Waals surface area contributed by atoms with E-state index in [0.29, 0.717) is 12.2 Å². The first-order valence-electron chi connectivity index (χ1n) is 6.14. The zero-order valence-corrected chi connectivity index (χ0v) is 10.6. The molecule has 0 aliphatic rings. The fourth-order valence-corrected chi connectivity index (χ4v) is 1.86. The fraction of sp³-hybridized carbons (Fsp3) is 0.188. The number of aliphatic hydroxyl groups excluding tert-OH is 1. The van der Waals surface area contributed by atoms with Gasteiger partial charge < -0.3 is 9.84 Å². The predicted octanol–water partition coefficient (Wildman–Crippen LogP) is 3.66. The molecular formula is C16H16FO2. The Morgan fingerprint density at radius 3 is 2.47 bits per heavy atom. The second-order valence-corrected chi connectivity index (χ2v) is 4.22. The number of aliphatic hydroxyl groups is 1. The Hall–Kier alpha value is -1.87. The molecule has 0 saturated carbocycles. The standard InChI is InChI=1S/C16H16FO2/c1-2-16(12-6-4-3-5-7-12)19-14-9-8-13(11-18)15(17)10-14/h3-10,16,18H,1-2,11H2/t16-/m0/s1. The number of hydrogen-bond donors (Lipinski definition) is 1. The van der Waals surface area contributed by atoms with E-state index in [4.69, 9.17) is 9.84 Å². The lowest BCUT2D eigenvalue weighted by Crippen LogP contribution is -2.06. The molecule has 0 fully saturated rings. The first-order chi connectivity index (χ1) is 9.24. The zero-order valence-electron chi connectivity index (χ0n) is 10.6. The van der Waals surface area contributed by atoms with Crippen LogP contribution in [0, 0.1) is 12.7 Å². The van der Waals surface area contributed by atoms with Gasteiger partial charge >= 0.3 is 0 Å². The summed E-state index contributed by atoms with van der Waals surface area (Å²) < 4.78 is 19.3. The largest absolute Gasteiger partial charge is 0.486 e. The van der Waals surface area contributed by atoms with Crippen LogP contribution in [-0.2, 0) is 6.61 Å². The zero-order chi connectivity index (χ0) is 13.7. The second kappa shape index (κ2) is 6.34. The van der Waals surface area contributed by atoms with Crippen molar-refractivity contribution < 1.29 is 14.2 Å². The van der Waals surface area contributed by atoms with E-state index in [1.165, 1.54) is 12.1 Å². The maximum absolute atomic E-state index is 13.6. The van der Waals surface area contributed by atoms with Gasteiger partial charge in [0, 0.05) is 11.6 Å². The van der Waals surface area contributed by atoms with Crippen LogP contribution in [0.3, 0.4) is 0 Å². The first kappa shape index (κ1) is 13.6. The van der Waals surface area contributed by atoms with Gasteiger partial charge in [-0.15, -0.1) is 0 Å². The summed E-state index contributed by atoms with van der Waals surface area (Å²) in [6.45, 7) is 3.54. The maximum atomic E-state index is 13.6. The molecule has 0 aromatic heterocycles. The van der Waals surface area contributed by atoms with E-state index in [0.717, 1.165) is 5.56 Å². The fourth-order valence-electron chi connectivity index (χ4n) is 1.86. The molecule has 0 unspecified atom stereocenters. The third-order valence-corrected chi connectivity index (χ3v) is 2.91. The Morgan fingerprint density at radius 2 is 1.89 bits per heavy atom. The van der Waals surface area contributed by atoms with Crippen LogP contribution in [0.1, 0.15) is 23.7 Å². The van der Waals surface area contributed by atoms with Crippen molar-refractivity contribution in [3.8, 4) is 5.75 Å². The van der Waals surface area contributed by atoms with Gasteiger partial charge in [0.1, 0.15) is 17.7 Å². The molecule has 99 valence electrons. The van der Waals surface area contributed by atoms with E-state index in [-0.39, 0.29) is 18.3 Å². The molecule has 2 aromatic carbocycles. The van der Waals surface area contributed by atoms with Crippen molar-refractivity contribution in [2.24, 2.45) is 0 Å². The quantitative estimate of drug-likeness (QED) is 0.887. The van der Waals surface area contributed by atoms with Gasteiger partial charge in [-0.3, -0.25) is 0 Å². The number of benzene rings is 2. The molecule has 1 N–H and O–H groups in total. The van der Waals surface area contributed by atoms with Crippen molar-refractivity contribution in [3.05, 3.63) is 72.4 Å². The van der Waals surface area contributed by atoms with Crippen molar-refractivity contribution >= 4 is 0 Å². The van der Waals surface area contributed by atoms with Crippen molar-refractivity contribution in [1.29, 1.82) is 0 Å². The van der Waals surface area contributed by atoms with E-state index in [1.54, 1.807) is 6.07 Å². The molecule has 2 aromatic rings. The van der Waals surface area contributed by atoms with Gasteiger partial charge in [0.2, 0.25) is 0 Å². The van der Waals surface area contributed by atoms with Crippen molar-refractivity contribution in [3.63, 3.8) is 0 Å². The number of ether oxygens (including phenoxy) is 1. The van der Waals surface area contributed by atoms with E-state index in [9.17, 15) is 4.39 Å². The van der Waals surface area contributed by atoms with Crippen molar-refractivity contribution in [1.82, 2.24) is 0 Å². The number of halogens is 1. The van der Waals surface area contributed by atoms with Gasteiger partial charge in [-0.1, -0.05) is 36.4 Å². The molecule has 0 aliphatic carbocycles. The van der Waals surface area contributed by atoms with Crippen LogP contribution in [0.5, 0.6) is 5.75 Å². The van der Waals surface area contributed by atoms with Gasteiger partial charge in [-0.2, -0.15) is 0 Å². The summed E-state index contributed by atoms with van der Waals surface area (Å²) in [5, 5.41) is 8.92. The van der Waals surface area contributed by atoms with E-state index in [1.807, 2.05) is 30.3 Å². The van der Waals surface area contributed by atoms with Crippen molar-refractivity contribution in [2.75, 3.05) is 0 Å². The molecule has 1 radical (unpaired) electrons. The SMILES string of the molecule is [CH2]C[C@H](Oc1ccc(CO)c(F)c1)c1ccccc1. The average molecular weight is 259 g/mol. The Balaban J connectivity index is 2.17. The van der Waals surface area contributed by atoms with Gasteiger partial charge in [0.25, 0.3) is 0 Å².